The maximum absolute atomic E-state index is 13.0. The Labute approximate surface area is 271 Å². The molecule has 2 aromatic carbocycles. The summed E-state index contributed by atoms with van der Waals surface area (Å²) in [6, 6.07) is 16.4. The Kier molecular flexibility index (Phi) is 11.9. The van der Waals surface area contributed by atoms with E-state index in [1.54, 1.807) is 48.5 Å². The van der Waals surface area contributed by atoms with Crippen LogP contribution in [0.25, 0.3) is 11.1 Å². The highest BCUT2D eigenvalue weighted by Gasteiger charge is 2.19. The number of aromatic nitrogens is 2. The summed E-state index contributed by atoms with van der Waals surface area (Å²) in [6.07, 6.45) is 2.44. The molecule has 4 aromatic rings. The highest BCUT2D eigenvalue weighted by Crippen LogP contribution is 2.37. The minimum Gasteiger partial charge on any atom is -0.468 e. The van der Waals surface area contributed by atoms with Crippen LogP contribution in [0.3, 0.4) is 0 Å². The van der Waals surface area contributed by atoms with Crippen molar-refractivity contribution < 1.29 is 33.7 Å². The highest BCUT2D eigenvalue weighted by atomic mass is 35.5. The standard InChI is InChI=1S/C33H34ClN5O7/c1-19-22(7-5-9-24(19)38-30(41)27-14-12-21(17-37-27)33(45-3)46-4)23-8-6-10-25(29(23)34)39-31(42)26-13-11-20(15-35-26)16-36-28(18-40)32(43)44-2/h5-15,17,28,33,36,40H,16,18H2,1-4H3,(H,38,41)(H,39,42)/t28-/m0/s1. The maximum atomic E-state index is 13.0. The lowest BCUT2D eigenvalue weighted by Crippen LogP contribution is -2.40. The van der Waals surface area contributed by atoms with Crippen LogP contribution in [-0.4, -0.2) is 66.8 Å². The molecule has 0 spiro atoms. The van der Waals surface area contributed by atoms with E-state index in [-0.39, 0.29) is 17.9 Å². The fourth-order valence-corrected chi connectivity index (χ4v) is 4.86. The van der Waals surface area contributed by atoms with E-state index in [0.717, 1.165) is 11.1 Å². The Morgan fingerprint density at radius 1 is 0.826 bits per heavy atom. The lowest BCUT2D eigenvalue weighted by atomic mass is 9.98. The van der Waals surface area contributed by atoms with E-state index >= 15 is 0 Å². The number of nitrogens with one attached hydrogen (secondary N) is 3. The second kappa shape index (κ2) is 16.0. The monoisotopic (exact) mass is 647 g/mol. The van der Waals surface area contributed by atoms with Crippen LogP contribution >= 0.6 is 11.6 Å². The molecular weight excluding hydrogens is 614 g/mol. The molecule has 0 unspecified atom stereocenters. The second-order valence-electron chi connectivity index (χ2n) is 10.0. The van der Waals surface area contributed by atoms with Gasteiger partial charge in [0.2, 0.25) is 0 Å². The van der Waals surface area contributed by atoms with Crippen LogP contribution < -0.4 is 16.0 Å². The summed E-state index contributed by atoms with van der Waals surface area (Å²) in [5.41, 5.74) is 4.86. The summed E-state index contributed by atoms with van der Waals surface area (Å²) in [4.78, 5) is 46.1. The van der Waals surface area contributed by atoms with Gasteiger partial charge >= 0.3 is 5.97 Å². The second-order valence-corrected chi connectivity index (χ2v) is 10.4. The van der Waals surface area contributed by atoms with Gasteiger partial charge in [-0.3, -0.25) is 29.7 Å². The summed E-state index contributed by atoms with van der Waals surface area (Å²) in [5, 5.41) is 18.2. The third kappa shape index (κ3) is 8.10. The number of rotatable bonds is 13. The number of hydrogen-bond donors (Lipinski definition) is 4. The lowest BCUT2D eigenvalue weighted by molar-refractivity contribution is -0.144. The predicted octanol–water partition coefficient (Wildman–Crippen LogP) is 4.52. The molecule has 0 bridgehead atoms. The fourth-order valence-electron chi connectivity index (χ4n) is 4.59. The van der Waals surface area contributed by atoms with E-state index in [2.05, 4.69) is 30.7 Å². The number of benzene rings is 2. The normalized spacial score (nSPS) is 11.6. The molecule has 12 nitrogen and oxygen atoms in total. The highest BCUT2D eigenvalue weighted by molar-refractivity contribution is 6.36. The largest absolute Gasteiger partial charge is 0.468 e. The molecule has 13 heteroatoms. The van der Waals surface area contributed by atoms with E-state index < -0.39 is 36.7 Å². The van der Waals surface area contributed by atoms with Crippen molar-refractivity contribution in [1.82, 2.24) is 15.3 Å². The third-order valence-corrected chi connectivity index (χ3v) is 7.52. The molecule has 0 radical (unpaired) electrons. The van der Waals surface area contributed by atoms with Crippen molar-refractivity contribution in [3.63, 3.8) is 0 Å². The van der Waals surface area contributed by atoms with Crippen molar-refractivity contribution in [3.8, 4) is 11.1 Å². The van der Waals surface area contributed by atoms with Crippen LogP contribution in [0, 0.1) is 6.92 Å². The van der Waals surface area contributed by atoms with Gasteiger partial charge < -0.3 is 30.0 Å². The first kappa shape index (κ1) is 34.2. The van der Waals surface area contributed by atoms with Crippen molar-refractivity contribution in [2.75, 3.05) is 38.6 Å². The Morgan fingerprint density at radius 3 is 2.00 bits per heavy atom. The van der Waals surface area contributed by atoms with Crippen LogP contribution in [0.5, 0.6) is 0 Å². The van der Waals surface area contributed by atoms with E-state index in [4.69, 9.17) is 21.1 Å². The van der Waals surface area contributed by atoms with E-state index in [0.29, 0.717) is 33.1 Å². The van der Waals surface area contributed by atoms with Gasteiger partial charge in [0.05, 0.1) is 24.4 Å². The summed E-state index contributed by atoms with van der Waals surface area (Å²) >= 11 is 6.79. The molecule has 4 rings (SSSR count). The number of esters is 1. The molecule has 0 aliphatic heterocycles. The summed E-state index contributed by atoms with van der Waals surface area (Å²) < 4.78 is 15.1. The zero-order valence-electron chi connectivity index (χ0n) is 25.7. The van der Waals surface area contributed by atoms with Crippen LogP contribution in [-0.2, 0) is 25.5 Å². The van der Waals surface area contributed by atoms with Gasteiger partial charge in [0.1, 0.15) is 17.4 Å². The van der Waals surface area contributed by atoms with Gasteiger partial charge in [-0.15, -0.1) is 0 Å². The number of pyridine rings is 2. The molecule has 4 N–H and O–H groups in total. The molecule has 1 atom stereocenters. The first-order valence-corrected chi connectivity index (χ1v) is 14.5. The lowest BCUT2D eigenvalue weighted by Gasteiger charge is -2.16. The first-order valence-electron chi connectivity index (χ1n) is 14.1. The molecule has 0 saturated carbocycles. The molecule has 2 amide bonds. The quantitative estimate of drug-likeness (QED) is 0.120. The van der Waals surface area contributed by atoms with Crippen molar-refractivity contribution in [2.45, 2.75) is 25.8 Å². The molecular formula is C33H34ClN5O7. The number of amides is 2. The molecule has 0 fully saturated rings. The van der Waals surface area contributed by atoms with E-state index in [1.807, 2.05) is 19.1 Å². The third-order valence-electron chi connectivity index (χ3n) is 7.12. The average molecular weight is 648 g/mol. The molecule has 0 saturated heterocycles. The van der Waals surface area contributed by atoms with Crippen LogP contribution in [0.1, 0.15) is 44.0 Å². The van der Waals surface area contributed by atoms with Crippen molar-refractivity contribution >= 4 is 40.8 Å². The number of nitrogens with zero attached hydrogens (tertiary/aromatic N) is 2. The molecule has 0 aliphatic carbocycles. The zero-order chi connectivity index (χ0) is 33.2. The number of hydrogen-bond acceptors (Lipinski definition) is 10. The van der Waals surface area contributed by atoms with Crippen LogP contribution in [0.15, 0.2) is 73.1 Å². The Hall–Kier alpha value is -4.72. The van der Waals surface area contributed by atoms with Gasteiger partial charge in [-0.1, -0.05) is 48.0 Å². The first-order chi connectivity index (χ1) is 22.2. The Bertz CT molecular complexity index is 1680. The van der Waals surface area contributed by atoms with Gasteiger partial charge in [-0.25, -0.2) is 0 Å². The van der Waals surface area contributed by atoms with Gasteiger partial charge in [0, 0.05) is 50.0 Å². The smallest absolute Gasteiger partial charge is 0.325 e. The molecule has 2 aromatic heterocycles. The molecule has 2 heterocycles. The minimum atomic E-state index is -0.872. The van der Waals surface area contributed by atoms with Gasteiger partial charge in [-0.2, -0.15) is 0 Å². The van der Waals surface area contributed by atoms with Gasteiger partial charge in [-0.05, 0) is 47.9 Å². The van der Waals surface area contributed by atoms with Gasteiger partial charge in [0.15, 0.2) is 6.29 Å². The molecule has 46 heavy (non-hydrogen) atoms. The number of anilines is 2. The topological polar surface area (TPSA) is 161 Å². The number of carbonyl (C=O) groups is 3. The molecule has 240 valence electrons. The summed E-state index contributed by atoms with van der Waals surface area (Å²) in [5.74, 6) is -1.45. The Balaban J connectivity index is 1.46. The number of aliphatic hydroxyl groups is 1. The SMILES string of the molecule is COC(=O)[C@H](CO)NCc1ccc(C(=O)Nc2cccc(-c3cccc(NC(=O)c4ccc(C(OC)OC)cn4)c3C)c2Cl)nc1. The van der Waals surface area contributed by atoms with E-state index in [9.17, 15) is 19.5 Å². The summed E-state index contributed by atoms with van der Waals surface area (Å²) in [6.45, 7) is 1.67. The number of aliphatic hydroxyl groups excluding tert-OH is 1. The molecule has 0 aliphatic rings. The zero-order valence-corrected chi connectivity index (χ0v) is 26.4. The fraction of sp³-hybridized carbons (Fsp3) is 0.242. The summed E-state index contributed by atoms with van der Waals surface area (Å²) in [7, 11) is 4.27. The minimum absolute atomic E-state index is 0.152. The van der Waals surface area contributed by atoms with Gasteiger partial charge in [0.25, 0.3) is 11.8 Å². The van der Waals surface area contributed by atoms with Crippen LogP contribution in [0.4, 0.5) is 11.4 Å². The van der Waals surface area contributed by atoms with Crippen molar-refractivity contribution in [3.05, 3.63) is 106 Å². The van der Waals surface area contributed by atoms with Crippen LogP contribution in [0.2, 0.25) is 5.02 Å². The number of carbonyl (C=O) groups excluding carboxylic acids is 3. The maximum Gasteiger partial charge on any atom is 0.325 e. The average Bonchev–Trinajstić information content (AvgIpc) is 3.08. The predicted molar refractivity (Wildman–Crippen MR) is 172 cm³/mol. The van der Waals surface area contributed by atoms with Crippen molar-refractivity contribution in [2.24, 2.45) is 0 Å². The van der Waals surface area contributed by atoms with Crippen molar-refractivity contribution in [1.29, 1.82) is 0 Å². The number of ether oxygens (including phenoxy) is 3. The van der Waals surface area contributed by atoms with E-state index in [1.165, 1.54) is 33.7 Å². The Morgan fingerprint density at radius 2 is 1.43 bits per heavy atom. The number of halogens is 1. The number of methoxy groups -OCH3 is 3.